The molecule has 4 nitrogen and oxygen atoms in total. The van der Waals surface area contributed by atoms with Crippen LogP contribution in [0.5, 0.6) is 0 Å². The first-order valence-corrected chi connectivity index (χ1v) is 4.78. The highest BCUT2D eigenvalue weighted by atomic mass is 16.5. The highest BCUT2D eigenvalue weighted by Crippen LogP contribution is 2.19. The number of aliphatic hydroxyl groups excluding tert-OH is 2. The maximum atomic E-state index is 9.16. The zero-order chi connectivity index (χ0) is 9.73. The Labute approximate surface area is 78.9 Å². The molecule has 1 heterocycles. The molecule has 0 aromatic carbocycles. The van der Waals surface area contributed by atoms with E-state index in [0.29, 0.717) is 6.54 Å². The van der Waals surface area contributed by atoms with Crippen LogP contribution >= 0.6 is 0 Å². The van der Waals surface area contributed by atoms with Crippen molar-refractivity contribution in [2.75, 3.05) is 26.4 Å². The average Bonchev–Trinajstić information content (AvgIpc) is 2.15. The predicted octanol–water partition coefficient (Wildman–Crippen LogP) is -0.502. The average molecular weight is 189 g/mol. The van der Waals surface area contributed by atoms with Gasteiger partial charge in [-0.1, -0.05) is 0 Å². The second-order valence-corrected chi connectivity index (χ2v) is 3.89. The van der Waals surface area contributed by atoms with Crippen molar-refractivity contribution in [1.82, 2.24) is 5.32 Å². The van der Waals surface area contributed by atoms with E-state index < -0.39 is 6.10 Å². The third-order valence-electron chi connectivity index (χ3n) is 2.57. The fraction of sp³-hybridized carbons (Fsp3) is 1.00. The molecule has 0 aromatic rings. The molecule has 0 saturated carbocycles. The Morgan fingerprint density at radius 2 is 2.08 bits per heavy atom. The quantitative estimate of drug-likeness (QED) is 0.558. The lowest BCUT2D eigenvalue weighted by Gasteiger charge is -2.35. The van der Waals surface area contributed by atoms with Gasteiger partial charge >= 0.3 is 0 Å². The molecule has 13 heavy (non-hydrogen) atoms. The number of ether oxygens (including phenoxy) is 1. The van der Waals surface area contributed by atoms with Crippen molar-refractivity contribution >= 4 is 0 Å². The van der Waals surface area contributed by atoms with Crippen molar-refractivity contribution in [3.63, 3.8) is 0 Å². The Kier molecular flexibility index (Phi) is 4.12. The van der Waals surface area contributed by atoms with Crippen LogP contribution in [-0.4, -0.2) is 48.2 Å². The summed E-state index contributed by atoms with van der Waals surface area (Å²) in [6, 6.07) is 0. The fourth-order valence-electron chi connectivity index (χ4n) is 1.43. The first-order valence-electron chi connectivity index (χ1n) is 4.78. The molecule has 3 N–H and O–H groups in total. The molecule has 1 aliphatic rings. The van der Waals surface area contributed by atoms with Crippen LogP contribution < -0.4 is 5.32 Å². The summed E-state index contributed by atoms with van der Waals surface area (Å²) in [7, 11) is 0. The smallest absolute Gasteiger partial charge is 0.0895 e. The van der Waals surface area contributed by atoms with E-state index in [1.807, 2.05) is 0 Å². The lowest BCUT2D eigenvalue weighted by atomic mass is 9.92. The minimum atomic E-state index is -0.653. The van der Waals surface area contributed by atoms with E-state index in [2.05, 4.69) is 12.2 Å². The minimum Gasteiger partial charge on any atom is -0.394 e. The molecule has 4 heteroatoms. The summed E-state index contributed by atoms with van der Waals surface area (Å²) in [6.07, 6.45) is 1.27. The van der Waals surface area contributed by atoms with Crippen LogP contribution in [0, 0.1) is 0 Å². The van der Waals surface area contributed by atoms with E-state index in [1.165, 1.54) is 0 Å². The predicted molar refractivity (Wildman–Crippen MR) is 49.6 cm³/mol. The summed E-state index contributed by atoms with van der Waals surface area (Å²) in [5.41, 5.74) is 0.0639. The molecular formula is C9H19NO3. The highest BCUT2D eigenvalue weighted by Gasteiger charge is 2.26. The van der Waals surface area contributed by atoms with Crippen LogP contribution in [0.2, 0.25) is 0 Å². The topological polar surface area (TPSA) is 61.7 Å². The largest absolute Gasteiger partial charge is 0.394 e. The summed E-state index contributed by atoms with van der Waals surface area (Å²) < 4.78 is 5.25. The third kappa shape index (κ3) is 3.60. The molecule has 1 rings (SSSR count). The lowest BCUT2D eigenvalue weighted by Crippen LogP contribution is -2.49. The zero-order valence-corrected chi connectivity index (χ0v) is 8.12. The molecule has 1 aliphatic heterocycles. The van der Waals surface area contributed by atoms with Crippen molar-refractivity contribution in [1.29, 1.82) is 0 Å². The first-order chi connectivity index (χ1) is 6.16. The highest BCUT2D eigenvalue weighted by molar-refractivity contribution is 4.85. The van der Waals surface area contributed by atoms with Gasteiger partial charge in [-0.2, -0.15) is 0 Å². The third-order valence-corrected chi connectivity index (χ3v) is 2.57. The van der Waals surface area contributed by atoms with Gasteiger partial charge in [-0.25, -0.2) is 0 Å². The van der Waals surface area contributed by atoms with Gasteiger partial charge < -0.3 is 20.3 Å². The van der Waals surface area contributed by atoms with Gasteiger partial charge in [0.25, 0.3) is 0 Å². The van der Waals surface area contributed by atoms with E-state index >= 15 is 0 Å². The van der Waals surface area contributed by atoms with Crippen LogP contribution in [0.25, 0.3) is 0 Å². The second-order valence-electron chi connectivity index (χ2n) is 3.89. The van der Waals surface area contributed by atoms with Crippen LogP contribution in [0.4, 0.5) is 0 Å². The maximum Gasteiger partial charge on any atom is 0.0895 e. The molecule has 1 fully saturated rings. The summed E-state index contributed by atoms with van der Waals surface area (Å²) in [5.74, 6) is 0. The molecule has 0 radical (unpaired) electrons. The Hall–Kier alpha value is -0.160. The van der Waals surface area contributed by atoms with Crippen LogP contribution in [-0.2, 0) is 4.74 Å². The Balaban J connectivity index is 2.24. The number of hydrogen-bond acceptors (Lipinski definition) is 4. The van der Waals surface area contributed by atoms with Crippen LogP contribution in [0.1, 0.15) is 19.8 Å². The Morgan fingerprint density at radius 1 is 1.46 bits per heavy atom. The molecule has 0 aliphatic carbocycles. The Morgan fingerprint density at radius 3 is 2.62 bits per heavy atom. The van der Waals surface area contributed by atoms with Gasteiger partial charge in [0, 0.05) is 25.3 Å². The van der Waals surface area contributed by atoms with Gasteiger partial charge in [0.15, 0.2) is 0 Å². The number of rotatable bonds is 4. The summed E-state index contributed by atoms with van der Waals surface area (Å²) in [4.78, 5) is 0. The fourth-order valence-corrected chi connectivity index (χ4v) is 1.43. The monoisotopic (exact) mass is 189 g/mol. The van der Waals surface area contributed by atoms with E-state index in [0.717, 1.165) is 26.1 Å². The molecule has 1 atom stereocenters. The van der Waals surface area contributed by atoms with Gasteiger partial charge in [-0.3, -0.25) is 0 Å². The van der Waals surface area contributed by atoms with Crippen molar-refractivity contribution in [3.8, 4) is 0 Å². The minimum absolute atomic E-state index is 0.0639. The van der Waals surface area contributed by atoms with E-state index in [-0.39, 0.29) is 12.1 Å². The molecule has 1 saturated heterocycles. The lowest BCUT2D eigenvalue weighted by molar-refractivity contribution is 0.0326. The van der Waals surface area contributed by atoms with Gasteiger partial charge in [-0.05, 0) is 19.8 Å². The molecule has 0 spiro atoms. The number of β-amino-alcohol motifs (C(OH)–C–C–N with tert-alkyl or cyclic N) is 1. The van der Waals surface area contributed by atoms with Crippen LogP contribution in [0.3, 0.4) is 0 Å². The normalized spacial score (nSPS) is 24.2. The molecule has 78 valence electrons. The summed E-state index contributed by atoms with van der Waals surface area (Å²) in [5, 5.41) is 21.1. The van der Waals surface area contributed by atoms with E-state index in [1.54, 1.807) is 0 Å². The Bertz CT molecular complexity index is 146. The first kappa shape index (κ1) is 10.9. The SMILES string of the molecule is CC1(NCC(O)CO)CCOCC1. The summed E-state index contributed by atoms with van der Waals surface area (Å²) >= 11 is 0. The van der Waals surface area contributed by atoms with E-state index in [9.17, 15) is 0 Å². The van der Waals surface area contributed by atoms with Crippen molar-refractivity contribution in [2.24, 2.45) is 0 Å². The molecular weight excluding hydrogens is 170 g/mol. The van der Waals surface area contributed by atoms with Crippen molar-refractivity contribution in [3.05, 3.63) is 0 Å². The molecule has 0 aromatic heterocycles. The maximum absolute atomic E-state index is 9.16. The number of nitrogens with one attached hydrogen (secondary N) is 1. The summed E-state index contributed by atoms with van der Waals surface area (Å²) in [6.45, 7) is 3.95. The molecule has 0 bridgehead atoms. The second kappa shape index (κ2) is 4.91. The van der Waals surface area contributed by atoms with Gasteiger partial charge in [0.05, 0.1) is 12.7 Å². The zero-order valence-electron chi connectivity index (χ0n) is 8.12. The van der Waals surface area contributed by atoms with Crippen molar-refractivity contribution < 1.29 is 14.9 Å². The van der Waals surface area contributed by atoms with Gasteiger partial charge in [0.1, 0.15) is 0 Å². The molecule has 1 unspecified atom stereocenters. The number of aliphatic hydroxyl groups is 2. The molecule has 0 amide bonds. The standard InChI is InChI=1S/C9H19NO3/c1-9(2-4-13-5-3-9)10-6-8(12)7-11/h8,10-12H,2-7H2,1H3. The number of hydrogen-bond donors (Lipinski definition) is 3. The van der Waals surface area contributed by atoms with Crippen LogP contribution in [0.15, 0.2) is 0 Å². The van der Waals surface area contributed by atoms with E-state index in [4.69, 9.17) is 14.9 Å². The van der Waals surface area contributed by atoms with Gasteiger partial charge in [-0.15, -0.1) is 0 Å². The van der Waals surface area contributed by atoms with Gasteiger partial charge in [0.2, 0.25) is 0 Å². The van der Waals surface area contributed by atoms with Crippen molar-refractivity contribution in [2.45, 2.75) is 31.4 Å².